The molecule has 1 fully saturated rings. The number of nitrogens with one attached hydrogen (secondary N) is 1. The van der Waals surface area contributed by atoms with Gasteiger partial charge in [0.25, 0.3) is 0 Å². The Labute approximate surface area is 119 Å². The van der Waals surface area contributed by atoms with Crippen LogP contribution in [0.3, 0.4) is 0 Å². The lowest BCUT2D eigenvalue weighted by molar-refractivity contribution is -0.132. The summed E-state index contributed by atoms with van der Waals surface area (Å²) < 4.78 is 5.43. The maximum atomic E-state index is 12.1. The largest absolute Gasteiger partial charge is 0.378 e. The van der Waals surface area contributed by atoms with Crippen molar-refractivity contribution in [3.63, 3.8) is 0 Å². The summed E-state index contributed by atoms with van der Waals surface area (Å²) in [4.78, 5) is 18.4. The molecule has 1 atom stereocenters. The van der Waals surface area contributed by atoms with Crippen LogP contribution in [0.1, 0.15) is 18.2 Å². The van der Waals surface area contributed by atoms with E-state index in [-0.39, 0.29) is 11.9 Å². The zero-order chi connectivity index (χ0) is 14.4. The lowest BCUT2D eigenvalue weighted by atomic mass is 10.1. The third-order valence-corrected chi connectivity index (χ3v) is 3.37. The van der Waals surface area contributed by atoms with Crippen molar-refractivity contribution in [2.75, 3.05) is 26.3 Å². The predicted octanol–water partition coefficient (Wildman–Crippen LogP) is -0.123. The molecular formula is C14H22N4O2. The summed E-state index contributed by atoms with van der Waals surface area (Å²) >= 11 is 0. The van der Waals surface area contributed by atoms with Gasteiger partial charge in [-0.2, -0.15) is 0 Å². The number of rotatable bonds is 5. The minimum Gasteiger partial charge on any atom is -0.378 e. The Kier molecular flexibility index (Phi) is 5.46. The van der Waals surface area contributed by atoms with E-state index in [1.165, 1.54) is 0 Å². The van der Waals surface area contributed by atoms with Crippen LogP contribution in [0, 0.1) is 0 Å². The molecule has 1 unspecified atom stereocenters. The fourth-order valence-electron chi connectivity index (χ4n) is 2.33. The smallest absolute Gasteiger partial charge is 0.239 e. The predicted molar refractivity (Wildman–Crippen MR) is 75.8 cm³/mol. The Balaban J connectivity index is 2.06. The van der Waals surface area contributed by atoms with E-state index in [1.54, 1.807) is 6.20 Å². The molecule has 20 heavy (non-hydrogen) atoms. The van der Waals surface area contributed by atoms with Gasteiger partial charge in [-0.15, -0.1) is 0 Å². The van der Waals surface area contributed by atoms with E-state index in [0.717, 1.165) is 17.8 Å². The normalized spacial score (nSPS) is 19.8. The summed E-state index contributed by atoms with van der Waals surface area (Å²) in [7, 11) is 0. The molecule has 6 nitrogen and oxygen atoms in total. The van der Waals surface area contributed by atoms with Crippen LogP contribution >= 0.6 is 0 Å². The van der Waals surface area contributed by atoms with Gasteiger partial charge in [0.05, 0.1) is 18.9 Å². The summed E-state index contributed by atoms with van der Waals surface area (Å²) in [5, 5.41) is 2.86. The van der Waals surface area contributed by atoms with Gasteiger partial charge in [0.15, 0.2) is 0 Å². The molecule has 3 N–H and O–H groups in total. The Morgan fingerprint density at radius 3 is 3.25 bits per heavy atom. The molecule has 1 aromatic heterocycles. The number of hydrogen-bond donors (Lipinski definition) is 2. The number of nitrogens with two attached hydrogens (primary N) is 1. The summed E-state index contributed by atoms with van der Waals surface area (Å²) in [6, 6.07) is 3.73. The molecule has 110 valence electrons. The Bertz CT molecular complexity index is 453. The van der Waals surface area contributed by atoms with Gasteiger partial charge in [-0.25, -0.2) is 0 Å². The van der Waals surface area contributed by atoms with E-state index in [0.29, 0.717) is 32.8 Å². The molecule has 0 saturated carbocycles. The highest BCUT2D eigenvalue weighted by molar-refractivity contribution is 5.81. The van der Waals surface area contributed by atoms with Crippen LogP contribution in [0.5, 0.6) is 0 Å². The van der Waals surface area contributed by atoms with Crippen molar-refractivity contribution in [1.29, 1.82) is 0 Å². The molecule has 1 aliphatic rings. The number of amides is 1. The number of pyridine rings is 1. The third kappa shape index (κ3) is 3.75. The van der Waals surface area contributed by atoms with Crippen molar-refractivity contribution >= 4 is 5.91 Å². The van der Waals surface area contributed by atoms with Crippen LogP contribution in [0.4, 0.5) is 0 Å². The van der Waals surface area contributed by atoms with Gasteiger partial charge in [0.1, 0.15) is 6.04 Å². The maximum absolute atomic E-state index is 12.1. The van der Waals surface area contributed by atoms with Gasteiger partial charge >= 0.3 is 0 Å². The summed E-state index contributed by atoms with van der Waals surface area (Å²) in [6.45, 7) is 5.54. The van der Waals surface area contributed by atoms with Gasteiger partial charge in [0.2, 0.25) is 5.91 Å². The van der Waals surface area contributed by atoms with E-state index >= 15 is 0 Å². The second kappa shape index (κ2) is 7.33. The number of morpholine rings is 1. The lowest BCUT2D eigenvalue weighted by Gasteiger charge is -2.34. The fraction of sp³-hybridized carbons (Fsp3) is 0.571. The van der Waals surface area contributed by atoms with Crippen molar-refractivity contribution < 1.29 is 9.53 Å². The molecule has 1 saturated heterocycles. The Hall–Kier alpha value is -1.50. The first kappa shape index (κ1) is 14.9. The van der Waals surface area contributed by atoms with Crippen LogP contribution in [-0.2, 0) is 22.6 Å². The van der Waals surface area contributed by atoms with Gasteiger partial charge in [-0.1, -0.05) is 0 Å². The zero-order valence-electron chi connectivity index (χ0n) is 11.8. The van der Waals surface area contributed by atoms with E-state index < -0.39 is 0 Å². The maximum Gasteiger partial charge on any atom is 0.239 e. The molecule has 0 aromatic carbocycles. The quantitative estimate of drug-likeness (QED) is 0.785. The van der Waals surface area contributed by atoms with Crippen molar-refractivity contribution in [1.82, 2.24) is 15.2 Å². The number of likely N-dealkylation sites (N-methyl/N-ethyl adjacent to an activating group) is 1. The number of nitrogens with zero attached hydrogens (tertiary/aromatic N) is 2. The Morgan fingerprint density at radius 1 is 1.65 bits per heavy atom. The van der Waals surface area contributed by atoms with Crippen molar-refractivity contribution in [2.45, 2.75) is 26.1 Å². The molecule has 1 amide bonds. The van der Waals surface area contributed by atoms with Crippen molar-refractivity contribution in [3.05, 3.63) is 29.6 Å². The number of ether oxygens (including phenoxy) is 1. The third-order valence-electron chi connectivity index (χ3n) is 3.37. The van der Waals surface area contributed by atoms with E-state index in [1.807, 2.05) is 19.1 Å². The first-order valence-electron chi connectivity index (χ1n) is 6.98. The SMILES string of the molecule is CCNC(=O)C1COCCN1Cc1ccnc(CN)c1. The molecule has 1 aromatic rings. The number of aromatic nitrogens is 1. The summed E-state index contributed by atoms with van der Waals surface area (Å²) in [5.74, 6) is 0.0281. The van der Waals surface area contributed by atoms with Crippen LogP contribution < -0.4 is 11.1 Å². The molecule has 0 aliphatic carbocycles. The fourth-order valence-corrected chi connectivity index (χ4v) is 2.33. The topological polar surface area (TPSA) is 80.5 Å². The lowest BCUT2D eigenvalue weighted by Crippen LogP contribution is -2.53. The minimum atomic E-state index is -0.224. The van der Waals surface area contributed by atoms with Crippen LogP contribution in [0.25, 0.3) is 0 Å². The highest BCUT2D eigenvalue weighted by atomic mass is 16.5. The van der Waals surface area contributed by atoms with Gasteiger partial charge in [0, 0.05) is 32.4 Å². The summed E-state index contributed by atoms with van der Waals surface area (Å²) in [5.41, 5.74) is 7.59. The monoisotopic (exact) mass is 278 g/mol. The van der Waals surface area contributed by atoms with Crippen LogP contribution in [0.15, 0.2) is 18.3 Å². The van der Waals surface area contributed by atoms with Gasteiger partial charge < -0.3 is 15.8 Å². The molecule has 2 rings (SSSR count). The molecular weight excluding hydrogens is 256 g/mol. The molecule has 0 radical (unpaired) electrons. The Morgan fingerprint density at radius 2 is 2.50 bits per heavy atom. The van der Waals surface area contributed by atoms with Crippen LogP contribution in [-0.4, -0.2) is 48.1 Å². The van der Waals surface area contributed by atoms with Crippen LogP contribution in [0.2, 0.25) is 0 Å². The van der Waals surface area contributed by atoms with Gasteiger partial charge in [-0.05, 0) is 24.6 Å². The second-order valence-corrected chi connectivity index (χ2v) is 4.82. The zero-order valence-corrected chi connectivity index (χ0v) is 11.8. The molecule has 1 aliphatic heterocycles. The molecule has 2 heterocycles. The minimum absolute atomic E-state index is 0.0281. The average Bonchev–Trinajstić information content (AvgIpc) is 2.48. The molecule has 0 bridgehead atoms. The molecule has 6 heteroatoms. The first-order chi connectivity index (χ1) is 9.74. The van der Waals surface area contributed by atoms with Crippen molar-refractivity contribution in [2.24, 2.45) is 5.73 Å². The van der Waals surface area contributed by atoms with E-state index in [9.17, 15) is 4.79 Å². The average molecular weight is 278 g/mol. The van der Waals surface area contributed by atoms with E-state index in [4.69, 9.17) is 10.5 Å². The highest BCUT2D eigenvalue weighted by Crippen LogP contribution is 2.13. The van der Waals surface area contributed by atoms with Gasteiger partial charge in [-0.3, -0.25) is 14.7 Å². The second-order valence-electron chi connectivity index (χ2n) is 4.82. The molecule has 0 spiro atoms. The highest BCUT2D eigenvalue weighted by Gasteiger charge is 2.28. The number of carbonyl (C=O) groups excluding carboxylic acids is 1. The van der Waals surface area contributed by atoms with Crippen molar-refractivity contribution in [3.8, 4) is 0 Å². The number of carbonyl (C=O) groups is 1. The first-order valence-corrected chi connectivity index (χ1v) is 6.98. The summed E-state index contributed by atoms with van der Waals surface area (Å²) in [6.07, 6.45) is 1.76. The standard InChI is InChI=1S/C14H22N4O2/c1-2-16-14(19)13-10-20-6-5-18(13)9-11-3-4-17-12(7-11)8-15/h3-4,7,13H,2,5-6,8-10,15H2,1H3,(H,16,19). The van der Waals surface area contributed by atoms with E-state index in [2.05, 4.69) is 15.2 Å². The number of hydrogen-bond acceptors (Lipinski definition) is 5.